The molecule has 5 nitrogen and oxygen atoms in total. The average molecular weight is 312 g/mol. The van der Waals surface area contributed by atoms with Crippen LogP contribution in [0.3, 0.4) is 0 Å². The first-order valence-electron chi connectivity index (χ1n) is 8.72. The molecule has 1 saturated carbocycles. The van der Waals surface area contributed by atoms with Crippen molar-refractivity contribution < 1.29 is 4.79 Å². The maximum Gasteiger partial charge on any atom is 0.228 e. The number of hydrogen-bond acceptors (Lipinski definition) is 3. The molecule has 4 rings (SSSR count). The Morgan fingerprint density at radius 3 is 2.78 bits per heavy atom. The lowest BCUT2D eigenvalue weighted by Gasteiger charge is -2.32. The number of fused-ring (bicyclic) bond motifs is 1. The molecule has 1 aliphatic carbocycles. The molecule has 1 amide bonds. The van der Waals surface area contributed by atoms with E-state index in [-0.39, 0.29) is 5.91 Å². The van der Waals surface area contributed by atoms with Gasteiger partial charge in [-0.05, 0) is 50.3 Å². The van der Waals surface area contributed by atoms with Gasteiger partial charge in [-0.3, -0.25) is 4.79 Å². The largest absolute Gasteiger partial charge is 0.342 e. The zero-order valence-electron chi connectivity index (χ0n) is 13.4. The van der Waals surface area contributed by atoms with Gasteiger partial charge in [-0.15, -0.1) is 0 Å². The zero-order valence-corrected chi connectivity index (χ0v) is 13.4. The van der Waals surface area contributed by atoms with Crippen molar-refractivity contribution in [3.63, 3.8) is 0 Å². The Balaban J connectivity index is 1.29. The molecule has 0 unspecified atom stereocenters. The van der Waals surface area contributed by atoms with E-state index in [1.165, 1.54) is 19.4 Å². The minimum Gasteiger partial charge on any atom is -0.342 e. The lowest BCUT2D eigenvalue weighted by atomic mass is 10.0. The van der Waals surface area contributed by atoms with Crippen molar-refractivity contribution in [2.75, 3.05) is 19.6 Å². The van der Waals surface area contributed by atoms with Gasteiger partial charge >= 0.3 is 0 Å². The van der Waals surface area contributed by atoms with Gasteiger partial charge in [0, 0.05) is 31.5 Å². The molecule has 5 heteroatoms. The summed E-state index contributed by atoms with van der Waals surface area (Å²) in [6.45, 7) is 2.91. The maximum absolute atomic E-state index is 12.5. The number of carbonyl (C=O) groups is 1. The summed E-state index contributed by atoms with van der Waals surface area (Å²) in [6.07, 6.45) is 9.26. The van der Waals surface area contributed by atoms with Crippen LogP contribution in [-0.2, 0) is 11.2 Å². The van der Waals surface area contributed by atoms with Gasteiger partial charge in [0.25, 0.3) is 0 Å². The Kier molecular flexibility index (Phi) is 4.04. The van der Waals surface area contributed by atoms with Gasteiger partial charge in [0.15, 0.2) is 0 Å². The quantitative estimate of drug-likeness (QED) is 0.917. The number of imidazole rings is 1. The van der Waals surface area contributed by atoms with E-state index < -0.39 is 0 Å². The molecular weight excluding hydrogens is 288 g/mol. The third-order valence-electron chi connectivity index (χ3n) is 4.99. The summed E-state index contributed by atoms with van der Waals surface area (Å²) in [7, 11) is 0. The molecule has 0 spiro atoms. The average Bonchev–Trinajstić information content (AvgIpc) is 3.31. The summed E-state index contributed by atoms with van der Waals surface area (Å²) in [5.41, 5.74) is 1.76. The molecule has 0 atom stereocenters. The number of nitrogens with one attached hydrogen (secondary N) is 1. The molecule has 122 valence electrons. The topological polar surface area (TPSA) is 49.6 Å². The van der Waals surface area contributed by atoms with E-state index in [1.807, 2.05) is 39.9 Å². The van der Waals surface area contributed by atoms with Crippen LogP contribution in [0.5, 0.6) is 0 Å². The Morgan fingerprint density at radius 1 is 1.22 bits per heavy atom. The normalized spacial score (nSPS) is 19.4. The van der Waals surface area contributed by atoms with Crippen molar-refractivity contribution in [1.29, 1.82) is 0 Å². The van der Waals surface area contributed by atoms with Gasteiger partial charge in [-0.25, -0.2) is 4.98 Å². The van der Waals surface area contributed by atoms with Crippen LogP contribution in [0.15, 0.2) is 30.6 Å². The minimum atomic E-state index is 0.203. The van der Waals surface area contributed by atoms with Crippen LogP contribution in [-0.4, -0.2) is 45.9 Å². The van der Waals surface area contributed by atoms with Crippen LogP contribution < -0.4 is 5.32 Å². The summed E-state index contributed by atoms with van der Waals surface area (Å²) >= 11 is 0. The number of nitrogens with zero attached hydrogens (tertiary/aromatic N) is 3. The fraction of sp³-hybridized carbons (Fsp3) is 0.556. The molecule has 2 aromatic heterocycles. The maximum atomic E-state index is 12.5. The highest BCUT2D eigenvalue weighted by molar-refractivity contribution is 5.78. The van der Waals surface area contributed by atoms with E-state index in [0.29, 0.717) is 12.5 Å². The first-order chi connectivity index (χ1) is 11.3. The molecule has 1 aliphatic heterocycles. The second-order valence-electron chi connectivity index (χ2n) is 6.88. The predicted molar refractivity (Wildman–Crippen MR) is 89.2 cm³/mol. The van der Waals surface area contributed by atoms with Gasteiger partial charge in [-0.2, -0.15) is 0 Å². The fourth-order valence-electron chi connectivity index (χ4n) is 3.33. The van der Waals surface area contributed by atoms with E-state index in [0.717, 1.165) is 43.2 Å². The highest BCUT2D eigenvalue weighted by Gasteiger charge is 2.26. The molecule has 2 aromatic rings. The minimum absolute atomic E-state index is 0.203. The summed E-state index contributed by atoms with van der Waals surface area (Å²) in [6, 6.07) is 6.49. The first kappa shape index (κ1) is 14.7. The van der Waals surface area contributed by atoms with E-state index in [4.69, 9.17) is 0 Å². The molecule has 1 saturated heterocycles. The van der Waals surface area contributed by atoms with Crippen LogP contribution in [0.4, 0.5) is 0 Å². The molecule has 23 heavy (non-hydrogen) atoms. The van der Waals surface area contributed by atoms with Crippen molar-refractivity contribution in [1.82, 2.24) is 19.6 Å². The molecule has 0 aromatic carbocycles. The van der Waals surface area contributed by atoms with Crippen LogP contribution in [0, 0.1) is 5.92 Å². The summed E-state index contributed by atoms with van der Waals surface area (Å²) < 4.78 is 1.97. The summed E-state index contributed by atoms with van der Waals surface area (Å²) in [5, 5.41) is 3.66. The van der Waals surface area contributed by atoms with E-state index in [2.05, 4.69) is 10.3 Å². The van der Waals surface area contributed by atoms with Gasteiger partial charge in [0.2, 0.25) is 5.91 Å². The Morgan fingerprint density at radius 2 is 2.04 bits per heavy atom. The Labute approximate surface area is 136 Å². The van der Waals surface area contributed by atoms with Crippen molar-refractivity contribution in [3.05, 3.63) is 36.3 Å². The third-order valence-corrected chi connectivity index (χ3v) is 4.99. The van der Waals surface area contributed by atoms with E-state index in [9.17, 15) is 4.79 Å². The molecule has 2 aliphatic rings. The molecule has 2 fully saturated rings. The van der Waals surface area contributed by atoms with Gasteiger partial charge in [0.05, 0.1) is 12.1 Å². The number of amides is 1. The number of hydrogen-bond donors (Lipinski definition) is 1. The molecule has 0 bridgehead atoms. The summed E-state index contributed by atoms with van der Waals surface area (Å²) in [5.74, 6) is 1.12. The smallest absolute Gasteiger partial charge is 0.228 e. The van der Waals surface area contributed by atoms with Crippen molar-refractivity contribution >= 4 is 11.6 Å². The predicted octanol–water partition coefficient (Wildman–Crippen LogP) is 1.87. The highest BCUT2D eigenvalue weighted by Crippen LogP contribution is 2.28. The second-order valence-corrected chi connectivity index (χ2v) is 6.88. The van der Waals surface area contributed by atoms with Crippen LogP contribution in [0.25, 0.3) is 5.65 Å². The zero-order chi connectivity index (χ0) is 15.6. The van der Waals surface area contributed by atoms with Crippen molar-refractivity contribution in [2.24, 2.45) is 5.92 Å². The highest BCUT2D eigenvalue weighted by atomic mass is 16.2. The van der Waals surface area contributed by atoms with Crippen LogP contribution in [0.1, 0.15) is 31.4 Å². The molecular formula is C18H24N4O. The Bertz CT molecular complexity index is 650. The number of piperidine rings is 1. The molecule has 3 heterocycles. The van der Waals surface area contributed by atoms with Gasteiger partial charge in [-0.1, -0.05) is 6.07 Å². The lowest BCUT2D eigenvalue weighted by molar-refractivity contribution is -0.131. The number of rotatable bonds is 5. The first-order valence-corrected chi connectivity index (χ1v) is 8.72. The Hall–Kier alpha value is -1.88. The SMILES string of the molecule is O=C(Cc1cn2ccccc2n1)N1CCC(NCC2CC2)CC1. The number of aromatic nitrogens is 2. The standard InChI is InChI=1S/C18H24N4O/c23-18(11-16-13-22-8-2-1-3-17(22)20-16)21-9-6-15(7-10-21)19-12-14-4-5-14/h1-3,8,13-15,19H,4-7,9-12H2. The fourth-order valence-corrected chi connectivity index (χ4v) is 3.33. The number of carbonyl (C=O) groups excluding carboxylic acids is 1. The second kappa shape index (κ2) is 6.32. The van der Waals surface area contributed by atoms with Crippen LogP contribution in [0.2, 0.25) is 0 Å². The van der Waals surface area contributed by atoms with Crippen LogP contribution >= 0.6 is 0 Å². The van der Waals surface area contributed by atoms with Crippen molar-refractivity contribution in [3.8, 4) is 0 Å². The number of pyridine rings is 1. The molecule has 1 N–H and O–H groups in total. The van der Waals surface area contributed by atoms with Gasteiger partial charge < -0.3 is 14.6 Å². The van der Waals surface area contributed by atoms with Crippen molar-refractivity contribution in [2.45, 2.75) is 38.1 Å². The summed E-state index contributed by atoms with van der Waals surface area (Å²) in [4.78, 5) is 19.0. The van der Waals surface area contributed by atoms with E-state index >= 15 is 0 Å². The van der Waals surface area contributed by atoms with Gasteiger partial charge in [0.1, 0.15) is 5.65 Å². The lowest BCUT2D eigenvalue weighted by Crippen LogP contribution is -2.45. The molecule has 0 radical (unpaired) electrons. The third kappa shape index (κ3) is 3.55. The number of likely N-dealkylation sites (tertiary alicyclic amines) is 1. The van der Waals surface area contributed by atoms with E-state index in [1.54, 1.807) is 0 Å². The monoisotopic (exact) mass is 312 g/mol.